The predicted molar refractivity (Wildman–Crippen MR) is 85.2 cm³/mol. The Kier molecular flexibility index (Phi) is 5.79. The standard InChI is InChI=1S/C12H18N2O2S3/c1-8-4-5-10(12(13)17)6-11(8)19(15,16)14-9(2)7-18-3/h4-6,9,14H,7H2,1-3H3,(H2,13,17). The van der Waals surface area contributed by atoms with Crippen molar-refractivity contribution in [2.75, 3.05) is 12.0 Å². The molecule has 1 aromatic carbocycles. The van der Waals surface area contributed by atoms with Gasteiger partial charge in [-0.2, -0.15) is 11.8 Å². The first-order valence-corrected chi connectivity index (χ1v) is 8.98. The van der Waals surface area contributed by atoms with Crippen molar-refractivity contribution in [2.45, 2.75) is 24.8 Å². The molecule has 3 N–H and O–H groups in total. The van der Waals surface area contributed by atoms with E-state index in [-0.39, 0.29) is 15.9 Å². The van der Waals surface area contributed by atoms with E-state index in [1.165, 1.54) is 6.07 Å². The Hall–Kier alpha value is -0.630. The van der Waals surface area contributed by atoms with Gasteiger partial charge in [0.05, 0.1) is 4.90 Å². The molecule has 4 nitrogen and oxygen atoms in total. The van der Waals surface area contributed by atoms with Gasteiger partial charge in [-0.3, -0.25) is 0 Å². The number of aryl methyl sites for hydroxylation is 1. The van der Waals surface area contributed by atoms with Gasteiger partial charge in [0.1, 0.15) is 4.99 Å². The number of hydrogen-bond acceptors (Lipinski definition) is 4. The Labute approximate surface area is 124 Å². The summed E-state index contributed by atoms with van der Waals surface area (Å²) in [6, 6.07) is 4.82. The SMILES string of the molecule is CSCC(C)NS(=O)(=O)c1cc(C(N)=S)ccc1C. The normalized spacial score (nSPS) is 13.2. The van der Waals surface area contributed by atoms with Gasteiger partial charge in [-0.1, -0.05) is 24.4 Å². The molecular weight excluding hydrogens is 300 g/mol. The molecule has 0 heterocycles. The average molecular weight is 318 g/mol. The second-order valence-electron chi connectivity index (χ2n) is 4.32. The maximum absolute atomic E-state index is 12.3. The molecular formula is C12H18N2O2S3. The van der Waals surface area contributed by atoms with Crippen LogP contribution in [0.25, 0.3) is 0 Å². The third-order valence-electron chi connectivity index (χ3n) is 2.54. The van der Waals surface area contributed by atoms with Gasteiger partial charge in [-0.25, -0.2) is 13.1 Å². The Balaban J connectivity index is 3.13. The largest absolute Gasteiger partial charge is 0.389 e. The number of hydrogen-bond donors (Lipinski definition) is 2. The zero-order valence-electron chi connectivity index (χ0n) is 11.1. The van der Waals surface area contributed by atoms with Crippen LogP contribution in [0.5, 0.6) is 0 Å². The highest BCUT2D eigenvalue weighted by Gasteiger charge is 2.20. The molecule has 106 valence electrons. The minimum absolute atomic E-state index is 0.132. The van der Waals surface area contributed by atoms with Gasteiger partial charge in [-0.05, 0) is 31.7 Å². The van der Waals surface area contributed by atoms with Gasteiger partial charge in [0, 0.05) is 17.4 Å². The minimum atomic E-state index is -3.55. The molecule has 0 bridgehead atoms. The van der Waals surface area contributed by atoms with Crippen molar-refractivity contribution in [1.82, 2.24) is 4.72 Å². The van der Waals surface area contributed by atoms with Crippen LogP contribution in [-0.2, 0) is 10.0 Å². The van der Waals surface area contributed by atoms with Crippen LogP contribution in [0.3, 0.4) is 0 Å². The minimum Gasteiger partial charge on any atom is -0.389 e. The lowest BCUT2D eigenvalue weighted by atomic mass is 10.1. The van der Waals surface area contributed by atoms with Gasteiger partial charge in [-0.15, -0.1) is 0 Å². The van der Waals surface area contributed by atoms with E-state index >= 15 is 0 Å². The number of thioether (sulfide) groups is 1. The number of thiocarbonyl (C=S) groups is 1. The molecule has 0 saturated heterocycles. The molecule has 1 atom stereocenters. The first-order valence-electron chi connectivity index (χ1n) is 5.69. The summed E-state index contributed by atoms with van der Waals surface area (Å²) < 4.78 is 27.3. The Morgan fingerprint density at radius 3 is 2.68 bits per heavy atom. The summed E-state index contributed by atoms with van der Waals surface area (Å²) in [4.78, 5) is 0.416. The van der Waals surface area contributed by atoms with E-state index < -0.39 is 10.0 Å². The highest BCUT2D eigenvalue weighted by Crippen LogP contribution is 2.17. The molecule has 7 heteroatoms. The summed E-state index contributed by atoms with van der Waals surface area (Å²) in [5, 5.41) is 0. The van der Waals surface area contributed by atoms with Crippen molar-refractivity contribution in [3.8, 4) is 0 Å². The van der Waals surface area contributed by atoms with E-state index in [1.807, 2.05) is 13.2 Å². The molecule has 1 aromatic rings. The van der Waals surface area contributed by atoms with E-state index in [0.29, 0.717) is 16.9 Å². The van der Waals surface area contributed by atoms with Gasteiger partial charge in [0.25, 0.3) is 0 Å². The summed E-state index contributed by atoms with van der Waals surface area (Å²) in [6.45, 7) is 3.58. The lowest BCUT2D eigenvalue weighted by Crippen LogP contribution is -2.34. The fourth-order valence-corrected chi connectivity index (χ4v) is 3.99. The second kappa shape index (κ2) is 6.69. The lowest BCUT2D eigenvalue weighted by molar-refractivity contribution is 0.570. The average Bonchev–Trinajstić information content (AvgIpc) is 2.28. The van der Waals surface area contributed by atoms with Gasteiger partial charge < -0.3 is 5.73 Å². The predicted octanol–water partition coefficient (Wildman–Crippen LogP) is 1.66. The summed E-state index contributed by atoms with van der Waals surface area (Å²) in [7, 11) is -3.55. The summed E-state index contributed by atoms with van der Waals surface area (Å²) in [5.74, 6) is 0.716. The molecule has 0 aromatic heterocycles. The van der Waals surface area contributed by atoms with Crippen LogP contribution in [-0.4, -0.2) is 31.5 Å². The fraction of sp³-hybridized carbons (Fsp3) is 0.417. The fourth-order valence-electron chi connectivity index (χ4n) is 1.66. The molecule has 1 rings (SSSR count). The quantitative estimate of drug-likeness (QED) is 0.781. The zero-order chi connectivity index (χ0) is 14.6. The summed E-state index contributed by atoms with van der Waals surface area (Å²) >= 11 is 6.47. The molecule has 0 spiro atoms. The Bertz CT molecular complexity index is 570. The van der Waals surface area contributed by atoms with Gasteiger partial charge >= 0.3 is 0 Å². The third kappa shape index (κ3) is 4.45. The van der Waals surface area contributed by atoms with E-state index in [9.17, 15) is 8.42 Å². The molecule has 0 radical (unpaired) electrons. The van der Waals surface area contributed by atoms with Crippen LogP contribution in [0.15, 0.2) is 23.1 Å². The van der Waals surface area contributed by atoms with Crippen molar-refractivity contribution in [3.63, 3.8) is 0 Å². The van der Waals surface area contributed by atoms with Crippen molar-refractivity contribution in [1.29, 1.82) is 0 Å². The Morgan fingerprint density at radius 1 is 1.53 bits per heavy atom. The molecule has 0 fully saturated rings. The van der Waals surface area contributed by atoms with E-state index in [2.05, 4.69) is 4.72 Å². The summed E-state index contributed by atoms with van der Waals surface area (Å²) in [5.41, 5.74) is 6.76. The molecule has 0 aliphatic heterocycles. The second-order valence-corrected chi connectivity index (χ2v) is 7.36. The van der Waals surface area contributed by atoms with E-state index in [4.69, 9.17) is 18.0 Å². The first kappa shape index (κ1) is 16.4. The van der Waals surface area contributed by atoms with Crippen molar-refractivity contribution >= 4 is 39.0 Å². The maximum Gasteiger partial charge on any atom is 0.241 e. The lowest BCUT2D eigenvalue weighted by Gasteiger charge is -2.15. The van der Waals surface area contributed by atoms with Crippen LogP contribution in [0, 0.1) is 6.92 Å². The van der Waals surface area contributed by atoms with Crippen molar-refractivity contribution < 1.29 is 8.42 Å². The molecule has 0 aliphatic rings. The molecule has 19 heavy (non-hydrogen) atoms. The summed E-state index contributed by atoms with van der Waals surface area (Å²) in [6.07, 6.45) is 1.93. The highest BCUT2D eigenvalue weighted by atomic mass is 32.2. The number of nitrogens with one attached hydrogen (secondary N) is 1. The molecule has 0 amide bonds. The van der Waals surface area contributed by atoms with Crippen LogP contribution < -0.4 is 10.5 Å². The van der Waals surface area contributed by atoms with Gasteiger partial charge in [0.2, 0.25) is 10.0 Å². The smallest absolute Gasteiger partial charge is 0.241 e. The van der Waals surface area contributed by atoms with Crippen LogP contribution in [0.2, 0.25) is 0 Å². The molecule has 1 unspecified atom stereocenters. The first-order chi connectivity index (χ1) is 8.77. The monoisotopic (exact) mass is 318 g/mol. The Morgan fingerprint density at radius 2 is 2.16 bits per heavy atom. The van der Waals surface area contributed by atoms with Gasteiger partial charge in [0.15, 0.2) is 0 Å². The van der Waals surface area contributed by atoms with Crippen LogP contribution in [0.1, 0.15) is 18.1 Å². The molecule has 0 aliphatic carbocycles. The topological polar surface area (TPSA) is 72.2 Å². The number of nitrogens with two attached hydrogens (primary N) is 1. The van der Waals surface area contributed by atoms with E-state index in [0.717, 1.165) is 0 Å². The van der Waals surface area contributed by atoms with E-state index in [1.54, 1.807) is 30.8 Å². The number of sulfonamides is 1. The van der Waals surface area contributed by atoms with Crippen molar-refractivity contribution in [3.05, 3.63) is 29.3 Å². The zero-order valence-corrected chi connectivity index (χ0v) is 13.6. The third-order valence-corrected chi connectivity index (χ3v) is 5.34. The van der Waals surface area contributed by atoms with Crippen LogP contribution >= 0.6 is 24.0 Å². The van der Waals surface area contributed by atoms with Crippen LogP contribution in [0.4, 0.5) is 0 Å². The molecule has 0 saturated carbocycles. The number of rotatable bonds is 6. The maximum atomic E-state index is 12.3. The number of benzene rings is 1. The van der Waals surface area contributed by atoms with Crippen molar-refractivity contribution in [2.24, 2.45) is 5.73 Å². The highest BCUT2D eigenvalue weighted by molar-refractivity contribution is 7.98.